The van der Waals surface area contributed by atoms with Crippen molar-refractivity contribution in [2.24, 2.45) is 0 Å². The minimum Gasteiger partial charge on any atom is -0.380 e. The van der Waals surface area contributed by atoms with Gasteiger partial charge in [0.2, 0.25) is 0 Å². The number of para-hydroxylation sites is 2. The minimum atomic E-state index is -0.131. The molecule has 1 amide bonds. The summed E-state index contributed by atoms with van der Waals surface area (Å²) in [5.74, 6) is -0.131. The predicted octanol–water partition coefficient (Wildman–Crippen LogP) is 7.02. The lowest BCUT2D eigenvalue weighted by atomic mass is 10.1. The second-order valence-corrected chi connectivity index (χ2v) is 5.07. The molecule has 0 saturated carbocycles. The van der Waals surface area contributed by atoms with Crippen LogP contribution in [0.3, 0.4) is 0 Å². The van der Waals surface area contributed by atoms with Crippen molar-refractivity contribution < 1.29 is 4.79 Å². The Morgan fingerprint density at radius 1 is 0.759 bits per heavy atom. The van der Waals surface area contributed by atoms with E-state index in [1.54, 1.807) is 12.4 Å². The SMILES string of the molecule is CC.CC.CC.O=C(Nc1ccccc1)c1ccccc1NCc1ccncc1. The third-order valence-corrected chi connectivity index (χ3v) is 3.44. The number of pyridine rings is 1. The number of nitrogens with zero attached hydrogens (tertiary/aromatic N) is 1. The monoisotopic (exact) mass is 393 g/mol. The Labute approximate surface area is 176 Å². The zero-order valence-electron chi connectivity index (χ0n) is 18.6. The van der Waals surface area contributed by atoms with Crippen molar-refractivity contribution in [1.82, 2.24) is 4.98 Å². The van der Waals surface area contributed by atoms with Crippen molar-refractivity contribution in [2.75, 3.05) is 10.6 Å². The van der Waals surface area contributed by atoms with Crippen LogP contribution in [0, 0.1) is 0 Å². The highest BCUT2D eigenvalue weighted by Gasteiger charge is 2.10. The number of benzene rings is 2. The fourth-order valence-corrected chi connectivity index (χ4v) is 2.25. The molecule has 0 saturated heterocycles. The van der Waals surface area contributed by atoms with Gasteiger partial charge in [-0.25, -0.2) is 0 Å². The van der Waals surface area contributed by atoms with Gasteiger partial charge in [-0.15, -0.1) is 0 Å². The van der Waals surface area contributed by atoms with Crippen molar-refractivity contribution in [3.05, 3.63) is 90.3 Å². The number of nitrogens with one attached hydrogen (secondary N) is 2. The predicted molar refractivity (Wildman–Crippen MR) is 126 cm³/mol. The molecular weight excluding hydrogens is 358 g/mol. The largest absolute Gasteiger partial charge is 0.380 e. The molecule has 2 N–H and O–H groups in total. The number of amides is 1. The summed E-state index contributed by atoms with van der Waals surface area (Å²) >= 11 is 0. The summed E-state index contributed by atoms with van der Waals surface area (Å²) in [5, 5.41) is 6.22. The summed E-state index contributed by atoms with van der Waals surface area (Å²) in [6, 6.07) is 20.8. The first kappa shape index (κ1) is 25.9. The normalized spacial score (nSPS) is 8.62. The van der Waals surface area contributed by atoms with Crippen molar-refractivity contribution in [3.8, 4) is 0 Å². The minimum absolute atomic E-state index is 0.131. The Hall–Kier alpha value is -3.14. The average Bonchev–Trinajstić information content (AvgIpc) is 2.83. The van der Waals surface area contributed by atoms with Gasteiger partial charge < -0.3 is 10.6 Å². The van der Waals surface area contributed by atoms with Gasteiger partial charge in [0, 0.05) is 30.3 Å². The molecule has 1 heterocycles. The molecule has 0 fully saturated rings. The molecule has 3 rings (SSSR count). The van der Waals surface area contributed by atoms with Gasteiger partial charge >= 0.3 is 0 Å². The molecule has 0 aliphatic heterocycles. The lowest BCUT2D eigenvalue weighted by molar-refractivity contribution is 0.102. The summed E-state index contributed by atoms with van der Waals surface area (Å²) < 4.78 is 0. The van der Waals surface area contributed by atoms with Gasteiger partial charge in [-0.1, -0.05) is 71.9 Å². The third kappa shape index (κ3) is 9.56. The van der Waals surface area contributed by atoms with Crippen LogP contribution >= 0.6 is 0 Å². The Balaban J connectivity index is 0.00000120. The number of rotatable bonds is 5. The Morgan fingerprint density at radius 3 is 1.93 bits per heavy atom. The lowest BCUT2D eigenvalue weighted by Crippen LogP contribution is -2.14. The molecule has 0 aliphatic carbocycles. The quantitative estimate of drug-likeness (QED) is 0.489. The standard InChI is InChI=1S/C19H17N3O.3C2H6/c23-19(22-16-6-2-1-3-7-16)17-8-4-5-9-18(17)21-14-15-10-12-20-13-11-15;3*1-2/h1-13,21H,14H2,(H,22,23);3*1-2H3. The van der Waals surface area contributed by atoms with Crippen LogP contribution in [0.5, 0.6) is 0 Å². The van der Waals surface area contributed by atoms with E-state index in [1.807, 2.05) is 108 Å². The first-order chi connectivity index (χ1) is 14.3. The molecule has 2 aromatic carbocycles. The summed E-state index contributed by atoms with van der Waals surface area (Å²) in [6.45, 7) is 12.6. The van der Waals surface area contributed by atoms with Gasteiger partial charge in [-0.3, -0.25) is 9.78 Å². The third-order valence-electron chi connectivity index (χ3n) is 3.44. The van der Waals surface area contributed by atoms with Crippen LogP contribution in [0.1, 0.15) is 57.5 Å². The number of carbonyl (C=O) groups is 1. The van der Waals surface area contributed by atoms with Crippen LogP contribution in [-0.2, 0) is 6.54 Å². The van der Waals surface area contributed by atoms with E-state index in [1.165, 1.54) is 0 Å². The number of hydrogen-bond donors (Lipinski definition) is 2. The molecule has 1 aromatic heterocycles. The van der Waals surface area contributed by atoms with E-state index in [4.69, 9.17) is 0 Å². The van der Waals surface area contributed by atoms with Gasteiger partial charge in [0.1, 0.15) is 0 Å². The van der Waals surface area contributed by atoms with E-state index in [0.717, 1.165) is 16.9 Å². The van der Waals surface area contributed by atoms with Gasteiger partial charge in [0.05, 0.1) is 5.56 Å². The molecule has 0 radical (unpaired) electrons. The first-order valence-corrected chi connectivity index (χ1v) is 10.4. The van der Waals surface area contributed by atoms with E-state index >= 15 is 0 Å². The van der Waals surface area contributed by atoms with Crippen molar-refractivity contribution in [1.29, 1.82) is 0 Å². The number of aromatic nitrogens is 1. The highest BCUT2D eigenvalue weighted by atomic mass is 16.1. The first-order valence-electron chi connectivity index (χ1n) is 10.4. The van der Waals surface area contributed by atoms with E-state index in [2.05, 4.69) is 15.6 Å². The second-order valence-electron chi connectivity index (χ2n) is 5.07. The van der Waals surface area contributed by atoms with E-state index < -0.39 is 0 Å². The van der Waals surface area contributed by atoms with Crippen molar-refractivity contribution in [3.63, 3.8) is 0 Å². The molecule has 3 aromatic rings. The van der Waals surface area contributed by atoms with Crippen LogP contribution in [0.15, 0.2) is 79.1 Å². The van der Waals surface area contributed by atoms with Crippen LogP contribution in [0.2, 0.25) is 0 Å². The molecule has 0 unspecified atom stereocenters. The molecule has 4 heteroatoms. The maximum absolute atomic E-state index is 12.5. The number of anilines is 2. The molecule has 156 valence electrons. The summed E-state index contributed by atoms with van der Waals surface area (Å²) in [4.78, 5) is 16.5. The van der Waals surface area contributed by atoms with Gasteiger partial charge in [0.15, 0.2) is 0 Å². The molecule has 0 spiro atoms. The van der Waals surface area contributed by atoms with Gasteiger partial charge in [-0.05, 0) is 42.0 Å². The molecule has 0 aliphatic rings. The van der Waals surface area contributed by atoms with Crippen LogP contribution < -0.4 is 10.6 Å². The summed E-state index contributed by atoms with van der Waals surface area (Å²) in [6.07, 6.45) is 3.51. The van der Waals surface area contributed by atoms with Gasteiger partial charge in [0.25, 0.3) is 5.91 Å². The number of hydrogen-bond acceptors (Lipinski definition) is 3. The zero-order valence-corrected chi connectivity index (χ0v) is 18.6. The zero-order chi connectivity index (χ0) is 21.9. The Bertz CT molecular complexity index is 774. The maximum atomic E-state index is 12.5. The molecule has 4 nitrogen and oxygen atoms in total. The maximum Gasteiger partial charge on any atom is 0.257 e. The number of carbonyl (C=O) groups excluding carboxylic acids is 1. The van der Waals surface area contributed by atoms with E-state index in [-0.39, 0.29) is 5.91 Å². The Kier molecular flexibility index (Phi) is 15.2. The highest BCUT2D eigenvalue weighted by Crippen LogP contribution is 2.18. The average molecular weight is 394 g/mol. The fraction of sp³-hybridized carbons (Fsp3) is 0.280. The van der Waals surface area contributed by atoms with E-state index in [0.29, 0.717) is 12.1 Å². The fourth-order valence-electron chi connectivity index (χ4n) is 2.25. The summed E-state index contributed by atoms with van der Waals surface area (Å²) in [5.41, 5.74) is 3.31. The topological polar surface area (TPSA) is 54.0 Å². The van der Waals surface area contributed by atoms with Crippen molar-refractivity contribution >= 4 is 17.3 Å². The van der Waals surface area contributed by atoms with E-state index in [9.17, 15) is 4.79 Å². The Morgan fingerprint density at radius 2 is 1.31 bits per heavy atom. The smallest absolute Gasteiger partial charge is 0.257 e. The molecule has 0 bridgehead atoms. The lowest BCUT2D eigenvalue weighted by Gasteiger charge is -2.12. The van der Waals surface area contributed by atoms with Crippen LogP contribution in [0.25, 0.3) is 0 Å². The second kappa shape index (κ2) is 17.0. The van der Waals surface area contributed by atoms with Gasteiger partial charge in [-0.2, -0.15) is 0 Å². The summed E-state index contributed by atoms with van der Waals surface area (Å²) in [7, 11) is 0. The molecular formula is C25H35N3O. The van der Waals surface area contributed by atoms with Crippen LogP contribution in [-0.4, -0.2) is 10.9 Å². The van der Waals surface area contributed by atoms with Crippen molar-refractivity contribution in [2.45, 2.75) is 48.1 Å². The molecule has 29 heavy (non-hydrogen) atoms. The molecule has 0 atom stereocenters. The van der Waals surface area contributed by atoms with Crippen LogP contribution in [0.4, 0.5) is 11.4 Å². The highest BCUT2D eigenvalue weighted by molar-refractivity contribution is 6.08.